The Labute approximate surface area is 199 Å². The maximum absolute atomic E-state index is 12.6. The summed E-state index contributed by atoms with van der Waals surface area (Å²) in [5, 5.41) is 5.74. The first-order valence-corrected chi connectivity index (χ1v) is 11.4. The molecule has 4 rings (SSSR count). The highest BCUT2D eigenvalue weighted by molar-refractivity contribution is 7.17. The van der Waals surface area contributed by atoms with E-state index in [1.54, 1.807) is 38.4 Å². The summed E-state index contributed by atoms with van der Waals surface area (Å²) in [5.41, 5.74) is 2.88. The van der Waals surface area contributed by atoms with Crippen molar-refractivity contribution in [2.45, 2.75) is 27.0 Å². The Hall–Kier alpha value is -3.92. The van der Waals surface area contributed by atoms with Crippen LogP contribution < -0.4 is 15.0 Å². The van der Waals surface area contributed by atoms with Crippen LogP contribution in [0.4, 0.5) is 0 Å². The quantitative estimate of drug-likeness (QED) is 0.381. The van der Waals surface area contributed by atoms with E-state index in [0.717, 1.165) is 16.8 Å². The molecule has 9 nitrogen and oxygen atoms in total. The van der Waals surface area contributed by atoms with Gasteiger partial charge in [-0.2, -0.15) is 0 Å². The third-order valence-electron chi connectivity index (χ3n) is 5.29. The van der Waals surface area contributed by atoms with Gasteiger partial charge < -0.3 is 23.9 Å². The first kappa shape index (κ1) is 23.2. The van der Waals surface area contributed by atoms with Gasteiger partial charge in [-0.25, -0.2) is 4.98 Å². The van der Waals surface area contributed by atoms with Gasteiger partial charge in [-0.15, -0.1) is 11.3 Å². The molecule has 10 heteroatoms. The van der Waals surface area contributed by atoms with Crippen LogP contribution in [0, 0.1) is 13.8 Å². The molecule has 0 radical (unpaired) electrons. The number of fused-ring (bicyclic) bond motifs is 1. The number of benzene rings is 1. The lowest BCUT2D eigenvalue weighted by Gasteiger charge is -2.14. The number of aryl methyl sites for hydroxylation is 2. The number of ether oxygens (including phenoxy) is 2. The Morgan fingerprint density at radius 1 is 1.26 bits per heavy atom. The lowest BCUT2D eigenvalue weighted by Crippen LogP contribution is -2.26. The van der Waals surface area contributed by atoms with E-state index in [1.165, 1.54) is 22.3 Å². The van der Waals surface area contributed by atoms with Crippen molar-refractivity contribution in [3.8, 4) is 11.5 Å². The minimum Gasteiger partial charge on any atom is -0.493 e. The van der Waals surface area contributed by atoms with E-state index in [0.29, 0.717) is 39.9 Å². The van der Waals surface area contributed by atoms with Crippen molar-refractivity contribution in [1.29, 1.82) is 0 Å². The van der Waals surface area contributed by atoms with Gasteiger partial charge in [0.05, 0.1) is 30.4 Å². The van der Waals surface area contributed by atoms with Crippen LogP contribution >= 0.6 is 11.3 Å². The van der Waals surface area contributed by atoms with Crippen molar-refractivity contribution in [2.75, 3.05) is 14.2 Å². The number of thiophene rings is 1. The summed E-state index contributed by atoms with van der Waals surface area (Å²) in [6, 6.07) is 7.19. The number of likely N-dealkylation sites (N-methyl/N-ethyl adjacent to an activating group) is 1. The van der Waals surface area contributed by atoms with Gasteiger partial charge in [0.1, 0.15) is 22.9 Å². The smallest absolute Gasteiger partial charge is 0.268 e. The Balaban J connectivity index is 1.41. The molecular formula is C24H24N4O5S. The summed E-state index contributed by atoms with van der Waals surface area (Å²) in [7, 11) is 3.21. The normalized spacial score (nSPS) is 11.3. The van der Waals surface area contributed by atoms with Gasteiger partial charge in [0.25, 0.3) is 5.56 Å². The zero-order chi connectivity index (χ0) is 24.2. The van der Waals surface area contributed by atoms with Gasteiger partial charge in [0.15, 0.2) is 11.5 Å². The zero-order valence-corrected chi connectivity index (χ0v) is 20.1. The molecule has 1 N–H and O–H groups in total. The second-order valence-corrected chi connectivity index (χ2v) is 8.59. The van der Waals surface area contributed by atoms with Gasteiger partial charge in [-0.1, -0.05) is 11.2 Å². The number of H-pyrrole nitrogens is 1. The maximum Gasteiger partial charge on any atom is 0.268 e. The number of hydrogen-bond donors (Lipinski definition) is 1. The van der Waals surface area contributed by atoms with E-state index in [9.17, 15) is 9.59 Å². The van der Waals surface area contributed by atoms with Crippen molar-refractivity contribution < 1.29 is 18.8 Å². The fourth-order valence-corrected chi connectivity index (χ4v) is 4.08. The number of rotatable bonds is 8. The maximum atomic E-state index is 12.6. The monoisotopic (exact) mass is 480 g/mol. The summed E-state index contributed by atoms with van der Waals surface area (Å²) in [5.74, 6) is 2.03. The predicted octanol–water partition coefficient (Wildman–Crippen LogP) is 3.85. The molecule has 1 aromatic carbocycles. The average molecular weight is 481 g/mol. The standard InChI is InChI=1S/C24H24N4O5S/c1-14-17(15(2)33-27-14)13-32-19-7-5-16(11-20(19)31-4)6-8-22(29)28(3)12-21-25-18-9-10-34-23(18)24(30)26-21/h5-11H,12-13H2,1-4H3,(H,25,26,30)/b8-6+. The molecule has 0 atom stereocenters. The molecular weight excluding hydrogens is 456 g/mol. The van der Waals surface area contributed by atoms with Crippen molar-refractivity contribution in [1.82, 2.24) is 20.0 Å². The fraction of sp³-hybridized carbons (Fsp3) is 0.250. The Morgan fingerprint density at radius 2 is 2.09 bits per heavy atom. The second kappa shape index (κ2) is 9.92. The van der Waals surface area contributed by atoms with Crippen LogP contribution in [0.15, 0.2) is 45.0 Å². The summed E-state index contributed by atoms with van der Waals surface area (Å²) >= 11 is 1.34. The minimum atomic E-state index is -0.231. The van der Waals surface area contributed by atoms with Gasteiger partial charge in [-0.05, 0) is 49.1 Å². The number of carbonyl (C=O) groups excluding carboxylic acids is 1. The third-order valence-corrected chi connectivity index (χ3v) is 6.19. The van der Waals surface area contributed by atoms with E-state index in [2.05, 4.69) is 15.1 Å². The van der Waals surface area contributed by atoms with Crippen LogP contribution in [-0.2, 0) is 17.9 Å². The van der Waals surface area contributed by atoms with Gasteiger partial charge >= 0.3 is 0 Å². The molecule has 1 amide bonds. The van der Waals surface area contributed by atoms with E-state index >= 15 is 0 Å². The van der Waals surface area contributed by atoms with Crippen LogP contribution in [0.25, 0.3) is 16.3 Å². The van der Waals surface area contributed by atoms with Crippen LogP contribution in [0.1, 0.15) is 28.4 Å². The van der Waals surface area contributed by atoms with Crippen LogP contribution in [0.3, 0.4) is 0 Å². The lowest BCUT2D eigenvalue weighted by molar-refractivity contribution is -0.125. The molecule has 0 aliphatic rings. The molecule has 0 aliphatic heterocycles. The van der Waals surface area contributed by atoms with Crippen molar-refractivity contribution in [2.24, 2.45) is 0 Å². The lowest BCUT2D eigenvalue weighted by atomic mass is 10.1. The third kappa shape index (κ3) is 5.01. The largest absolute Gasteiger partial charge is 0.493 e. The highest BCUT2D eigenvalue weighted by atomic mass is 32.1. The molecule has 0 spiro atoms. The number of amides is 1. The molecule has 4 aromatic rings. The molecule has 3 heterocycles. The van der Waals surface area contributed by atoms with E-state index in [1.807, 2.05) is 25.3 Å². The van der Waals surface area contributed by atoms with Gasteiger partial charge in [0, 0.05) is 13.1 Å². The molecule has 0 fully saturated rings. The van der Waals surface area contributed by atoms with E-state index in [4.69, 9.17) is 14.0 Å². The number of aromatic amines is 1. The number of methoxy groups -OCH3 is 1. The highest BCUT2D eigenvalue weighted by Crippen LogP contribution is 2.30. The first-order chi connectivity index (χ1) is 16.4. The van der Waals surface area contributed by atoms with Crippen LogP contribution in [0.5, 0.6) is 11.5 Å². The number of aromatic nitrogens is 3. The van der Waals surface area contributed by atoms with Gasteiger partial charge in [-0.3, -0.25) is 9.59 Å². The summed E-state index contributed by atoms with van der Waals surface area (Å²) in [6.45, 7) is 4.19. The molecule has 3 aromatic heterocycles. The highest BCUT2D eigenvalue weighted by Gasteiger charge is 2.13. The van der Waals surface area contributed by atoms with Gasteiger partial charge in [0.2, 0.25) is 5.91 Å². The molecule has 0 saturated carbocycles. The summed E-state index contributed by atoms with van der Waals surface area (Å²) < 4.78 is 17.1. The van der Waals surface area contributed by atoms with E-state index < -0.39 is 0 Å². The molecule has 0 aliphatic carbocycles. The molecule has 34 heavy (non-hydrogen) atoms. The molecule has 0 bridgehead atoms. The predicted molar refractivity (Wildman–Crippen MR) is 129 cm³/mol. The zero-order valence-electron chi connectivity index (χ0n) is 19.2. The fourth-order valence-electron chi connectivity index (χ4n) is 3.36. The Bertz CT molecular complexity index is 1400. The van der Waals surface area contributed by atoms with Crippen molar-refractivity contribution in [3.63, 3.8) is 0 Å². The number of hydrogen-bond acceptors (Lipinski definition) is 8. The first-order valence-electron chi connectivity index (χ1n) is 10.5. The minimum absolute atomic E-state index is 0.183. The van der Waals surface area contributed by atoms with Crippen molar-refractivity contribution >= 4 is 33.5 Å². The SMILES string of the molecule is COc1cc(/C=C/C(=O)N(C)Cc2nc3ccsc3c(=O)[nH]2)ccc1OCc1c(C)noc1C. The Kier molecular flexibility index (Phi) is 6.78. The van der Waals surface area contributed by atoms with E-state index in [-0.39, 0.29) is 18.0 Å². The van der Waals surface area contributed by atoms with Crippen LogP contribution in [-0.4, -0.2) is 40.1 Å². The number of nitrogens with one attached hydrogen (secondary N) is 1. The summed E-state index contributed by atoms with van der Waals surface area (Å²) in [4.78, 5) is 33.3. The number of carbonyl (C=O) groups is 1. The molecule has 176 valence electrons. The number of nitrogens with zero attached hydrogens (tertiary/aromatic N) is 3. The Morgan fingerprint density at radius 3 is 2.82 bits per heavy atom. The van der Waals surface area contributed by atoms with Crippen molar-refractivity contribution in [3.05, 3.63) is 74.5 Å². The topological polar surface area (TPSA) is 111 Å². The van der Waals surface area contributed by atoms with Crippen LogP contribution in [0.2, 0.25) is 0 Å². The second-order valence-electron chi connectivity index (χ2n) is 7.68. The average Bonchev–Trinajstić information content (AvgIpc) is 3.42. The molecule has 0 unspecified atom stereocenters. The molecule has 0 saturated heterocycles. The summed E-state index contributed by atoms with van der Waals surface area (Å²) in [6.07, 6.45) is 3.15.